The first-order valence-electron chi connectivity index (χ1n) is 9.02. The molecule has 0 radical (unpaired) electrons. The molecule has 0 saturated heterocycles. The number of hydrogen-bond acceptors (Lipinski definition) is 4. The number of carbonyl (C=O) groups excluding carboxylic acids is 3. The van der Waals surface area contributed by atoms with E-state index < -0.39 is 18.5 Å². The molecule has 0 aliphatic carbocycles. The molecule has 0 saturated carbocycles. The Morgan fingerprint density at radius 1 is 0.793 bits per heavy atom. The summed E-state index contributed by atoms with van der Waals surface area (Å²) in [5, 5.41) is 5.28. The van der Waals surface area contributed by atoms with E-state index in [1.165, 1.54) is 6.92 Å². The van der Waals surface area contributed by atoms with Crippen LogP contribution in [0.4, 0.5) is 11.4 Å². The van der Waals surface area contributed by atoms with Crippen LogP contribution in [0.1, 0.15) is 17.3 Å². The van der Waals surface area contributed by atoms with Crippen LogP contribution in [0.15, 0.2) is 78.9 Å². The van der Waals surface area contributed by atoms with Crippen LogP contribution >= 0.6 is 0 Å². The molecule has 3 aromatic rings. The van der Waals surface area contributed by atoms with Crippen LogP contribution < -0.4 is 10.6 Å². The van der Waals surface area contributed by atoms with Gasteiger partial charge in [-0.05, 0) is 35.4 Å². The van der Waals surface area contributed by atoms with Gasteiger partial charge in [-0.3, -0.25) is 9.59 Å². The second-order valence-electron chi connectivity index (χ2n) is 6.30. The lowest BCUT2D eigenvalue weighted by molar-refractivity contribution is -0.119. The maximum Gasteiger partial charge on any atom is 0.339 e. The highest BCUT2D eigenvalue weighted by molar-refractivity contribution is 6.00. The number of rotatable bonds is 6. The summed E-state index contributed by atoms with van der Waals surface area (Å²) >= 11 is 0. The first-order chi connectivity index (χ1) is 14.0. The minimum atomic E-state index is -0.577. The SMILES string of the molecule is CC(=O)Nc1cccc(NC(=O)COC(=O)c2ccccc2-c2ccccc2)c1. The summed E-state index contributed by atoms with van der Waals surface area (Å²) in [5.74, 6) is -1.26. The first kappa shape index (κ1) is 19.8. The first-order valence-corrected chi connectivity index (χ1v) is 9.02. The van der Waals surface area contributed by atoms with Crippen molar-refractivity contribution in [3.63, 3.8) is 0 Å². The second kappa shape index (κ2) is 9.32. The predicted octanol–water partition coefficient (Wildman–Crippen LogP) is 4.11. The van der Waals surface area contributed by atoms with Crippen LogP contribution in [-0.2, 0) is 14.3 Å². The quantitative estimate of drug-likeness (QED) is 0.623. The lowest BCUT2D eigenvalue weighted by Gasteiger charge is -2.11. The molecule has 2 N–H and O–H groups in total. The van der Waals surface area contributed by atoms with Crippen LogP contribution in [-0.4, -0.2) is 24.4 Å². The molecule has 0 bridgehead atoms. The summed E-state index contributed by atoms with van der Waals surface area (Å²) in [7, 11) is 0. The van der Waals surface area contributed by atoms with Crippen molar-refractivity contribution < 1.29 is 19.1 Å². The monoisotopic (exact) mass is 388 g/mol. The van der Waals surface area contributed by atoms with Gasteiger partial charge in [0.2, 0.25) is 5.91 Å². The maximum absolute atomic E-state index is 12.5. The number of esters is 1. The average molecular weight is 388 g/mol. The van der Waals surface area contributed by atoms with E-state index >= 15 is 0 Å². The van der Waals surface area contributed by atoms with Gasteiger partial charge in [-0.2, -0.15) is 0 Å². The highest BCUT2D eigenvalue weighted by Gasteiger charge is 2.15. The van der Waals surface area contributed by atoms with Gasteiger partial charge in [-0.25, -0.2) is 4.79 Å². The molecule has 0 fully saturated rings. The Kier molecular flexibility index (Phi) is 6.37. The topological polar surface area (TPSA) is 84.5 Å². The van der Waals surface area contributed by atoms with Gasteiger partial charge in [0.1, 0.15) is 0 Å². The van der Waals surface area contributed by atoms with Crippen LogP contribution in [0.2, 0.25) is 0 Å². The lowest BCUT2D eigenvalue weighted by Crippen LogP contribution is -2.21. The summed E-state index contributed by atoms with van der Waals surface area (Å²) in [6.07, 6.45) is 0. The number of carbonyl (C=O) groups is 3. The smallest absolute Gasteiger partial charge is 0.339 e. The third-order valence-electron chi connectivity index (χ3n) is 4.03. The molecule has 2 amide bonds. The van der Waals surface area contributed by atoms with Gasteiger partial charge in [0.15, 0.2) is 6.61 Å². The van der Waals surface area contributed by atoms with E-state index in [9.17, 15) is 14.4 Å². The molecule has 6 heteroatoms. The van der Waals surface area contributed by atoms with Gasteiger partial charge >= 0.3 is 5.97 Å². The summed E-state index contributed by atoms with van der Waals surface area (Å²) in [6.45, 7) is 0.977. The Labute approximate surface area is 168 Å². The Hall–Kier alpha value is -3.93. The number of hydrogen-bond donors (Lipinski definition) is 2. The van der Waals surface area contributed by atoms with E-state index in [0.717, 1.165) is 11.1 Å². The highest BCUT2D eigenvalue weighted by Crippen LogP contribution is 2.24. The normalized spacial score (nSPS) is 10.1. The van der Waals surface area contributed by atoms with E-state index in [4.69, 9.17) is 4.74 Å². The zero-order valence-electron chi connectivity index (χ0n) is 15.8. The molecule has 146 valence electrons. The lowest BCUT2D eigenvalue weighted by atomic mass is 10.00. The van der Waals surface area contributed by atoms with E-state index in [1.54, 1.807) is 36.4 Å². The standard InChI is InChI=1S/C23H20N2O4/c1-16(26)24-18-10-7-11-19(14-18)25-22(27)15-29-23(28)21-13-6-5-12-20(21)17-8-3-2-4-9-17/h2-14H,15H2,1H3,(H,24,26)(H,25,27). The van der Waals surface area contributed by atoms with Crippen LogP contribution in [0.25, 0.3) is 11.1 Å². The van der Waals surface area contributed by atoms with Crippen molar-refractivity contribution in [1.82, 2.24) is 0 Å². The van der Waals surface area contributed by atoms with Gasteiger partial charge in [-0.1, -0.05) is 54.6 Å². The van der Waals surface area contributed by atoms with Crippen molar-refractivity contribution in [1.29, 1.82) is 0 Å². The fraction of sp³-hybridized carbons (Fsp3) is 0.0870. The maximum atomic E-state index is 12.5. The third-order valence-corrected chi connectivity index (χ3v) is 4.03. The molecular weight excluding hydrogens is 368 g/mol. The van der Waals surface area contributed by atoms with Gasteiger partial charge in [0, 0.05) is 18.3 Å². The van der Waals surface area contributed by atoms with Crippen LogP contribution in [0.5, 0.6) is 0 Å². The fourth-order valence-electron chi connectivity index (χ4n) is 2.81. The van der Waals surface area contributed by atoms with Gasteiger partial charge in [-0.15, -0.1) is 0 Å². The minimum Gasteiger partial charge on any atom is -0.452 e. The van der Waals surface area contributed by atoms with Gasteiger partial charge in [0.05, 0.1) is 5.56 Å². The van der Waals surface area contributed by atoms with Crippen molar-refractivity contribution in [3.8, 4) is 11.1 Å². The van der Waals surface area contributed by atoms with Crippen molar-refractivity contribution in [2.45, 2.75) is 6.92 Å². The molecule has 0 unspecified atom stereocenters. The van der Waals surface area contributed by atoms with E-state index in [2.05, 4.69) is 10.6 Å². The fourth-order valence-corrected chi connectivity index (χ4v) is 2.81. The molecule has 3 rings (SSSR count). The Morgan fingerprint density at radius 2 is 1.45 bits per heavy atom. The van der Waals surface area contributed by atoms with Crippen molar-refractivity contribution in [3.05, 3.63) is 84.4 Å². The highest BCUT2D eigenvalue weighted by atomic mass is 16.5. The molecule has 0 aromatic heterocycles. The number of nitrogens with one attached hydrogen (secondary N) is 2. The molecule has 0 heterocycles. The molecule has 0 aliphatic rings. The molecule has 3 aromatic carbocycles. The summed E-state index contributed by atoms with van der Waals surface area (Å²) in [4.78, 5) is 35.8. The number of ether oxygens (including phenoxy) is 1. The predicted molar refractivity (Wildman–Crippen MR) is 112 cm³/mol. The number of anilines is 2. The largest absolute Gasteiger partial charge is 0.452 e. The minimum absolute atomic E-state index is 0.209. The number of amides is 2. The van der Waals surface area contributed by atoms with Crippen LogP contribution in [0, 0.1) is 0 Å². The summed E-state index contributed by atoms with van der Waals surface area (Å²) in [5.41, 5.74) is 3.06. The van der Waals surface area contributed by atoms with E-state index in [1.807, 2.05) is 42.5 Å². The van der Waals surface area contributed by atoms with Crippen LogP contribution in [0.3, 0.4) is 0 Å². The molecule has 6 nitrogen and oxygen atoms in total. The van der Waals surface area contributed by atoms with Gasteiger partial charge in [0.25, 0.3) is 5.91 Å². The Morgan fingerprint density at radius 3 is 2.17 bits per heavy atom. The zero-order chi connectivity index (χ0) is 20.6. The molecule has 0 atom stereocenters. The molecule has 0 spiro atoms. The second-order valence-corrected chi connectivity index (χ2v) is 6.30. The summed E-state index contributed by atoms with van der Waals surface area (Å²) in [6, 6.07) is 23.3. The third kappa shape index (κ3) is 5.52. The number of benzene rings is 3. The van der Waals surface area contributed by atoms with Crippen molar-refractivity contribution in [2.24, 2.45) is 0 Å². The van der Waals surface area contributed by atoms with E-state index in [0.29, 0.717) is 16.9 Å². The van der Waals surface area contributed by atoms with Gasteiger partial charge < -0.3 is 15.4 Å². The Balaban J connectivity index is 1.63. The van der Waals surface area contributed by atoms with E-state index in [-0.39, 0.29) is 5.91 Å². The Bertz CT molecular complexity index is 1030. The van der Waals surface area contributed by atoms with Crippen molar-refractivity contribution in [2.75, 3.05) is 17.2 Å². The zero-order valence-corrected chi connectivity index (χ0v) is 15.8. The average Bonchev–Trinajstić information content (AvgIpc) is 2.72. The molecule has 0 aliphatic heterocycles. The molecule has 29 heavy (non-hydrogen) atoms. The van der Waals surface area contributed by atoms with Crippen molar-refractivity contribution >= 4 is 29.2 Å². The molecular formula is C23H20N2O4. The summed E-state index contributed by atoms with van der Waals surface area (Å²) < 4.78 is 5.20.